The molecule has 4 unspecified atom stereocenters. The molecule has 96 valence electrons. The summed E-state index contributed by atoms with van der Waals surface area (Å²) in [7, 11) is 0. The minimum Gasteiger partial charge on any atom is -0.372 e. The fourth-order valence-corrected chi connectivity index (χ4v) is 1.87. The Balaban J connectivity index is 0.00000225. The number of carbonyl (C=O) groups excluding carboxylic acids is 1. The van der Waals surface area contributed by atoms with Gasteiger partial charge in [-0.2, -0.15) is 0 Å². The topological polar surface area (TPSA) is 55.6 Å². The van der Waals surface area contributed by atoms with Gasteiger partial charge in [0.2, 0.25) is 5.91 Å². The number of hydrogen-bond donors (Lipinski definition) is 1. The molecule has 0 saturated carbocycles. The molecule has 0 bridgehead atoms. The fraction of sp³-hybridized carbons (Fsp3) is 0.909. The first kappa shape index (κ1) is 15.7. The molecule has 0 aliphatic carbocycles. The Morgan fingerprint density at radius 3 is 2.12 bits per heavy atom. The summed E-state index contributed by atoms with van der Waals surface area (Å²) in [6, 6.07) is -0.0917. The fourth-order valence-electron chi connectivity index (χ4n) is 1.87. The molecule has 1 fully saturated rings. The van der Waals surface area contributed by atoms with Crippen molar-refractivity contribution in [3.8, 4) is 0 Å². The van der Waals surface area contributed by atoms with Crippen LogP contribution in [-0.2, 0) is 9.53 Å². The van der Waals surface area contributed by atoms with Gasteiger partial charge in [-0.1, -0.05) is 6.92 Å². The molecule has 0 radical (unpaired) electrons. The van der Waals surface area contributed by atoms with Crippen molar-refractivity contribution in [2.75, 3.05) is 13.1 Å². The van der Waals surface area contributed by atoms with Crippen LogP contribution in [0.4, 0.5) is 0 Å². The van der Waals surface area contributed by atoms with Crippen LogP contribution in [0.1, 0.15) is 27.7 Å². The maximum Gasteiger partial charge on any atom is 0.227 e. The molecule has 1 saturated heterocycles. The molecule has 1 aliphatic rings. The zero-order chi connectivity index (χ0) is 11.6. The van der Waals surface area contributed by atoms with E-state index in [0.717, 1.165) is 0 Å². The lowest BCUT2D eigenvalue weighted by Crippen LogP contribution is -2.51. The lowest BCUT2D eigenvalue weighted by atomic mass is 10.0. The smallest absolute Gasteiger partial charge is 0.227 e. The highest BCUT2D eigenvalue weighted by Crippen LogP contribution is 2.14. The third kappa shape index (κ3) is 3.92. The quantitative estimate of drug-likeness (QED) is 0.797. The Morgan fingerprint density at radius 2 is 1.75 bits per heavy atom. The molecule has 1 rings (SSSR count). The van der Waals surface area contributed by atoms with Gasteiger partial charge in [-0.15, -0.1) is 12.4 Å². The van der Waals surface area contributed by atoms with Crippen molar-refractivity contribution >= 4 is 18.3 Å². The number of rotatable bonds is 2. The summed E-state index contributed by atoms with van der Waals surface area (Å²) in [6.45, 7) is 9.10. The van der Waals surface area contributed by atoms with Crippen molar-refractivity contribution in [3.05, 3.63) is 0 Å². The summed E-state index contributed by atoms with van der Waals surface area (Å²) in [4.78, 5) is 13.9. The van der Waals surface area contributed by atoms with Crippen LogP contribution in [0.3, 0.4) is 0 Å². The van der Waals surface area contributed by atoms with E-state index in [4.69, 9.17) is 10.5 Å². The van der Waals surface area contributed by atoms with Crippen LogP contribution in [0.15, 0.2) is 0 Å². The van der Waals surface area contributed by atoms with Gasteiger partial charge < -0.3 is 15.4 Å². The Bertz CT molecular complexity index is 226. The number of amides is 1. The van der Waals surface area contributed by atoms with E-state index in [-0.39, 0.29) is 42.5 Å². The van der Waals surface area contributed by atoms with Crippen LogP contribution in [0.5, 0.6) is 0 Å². The molecule has 4 atom stereocenters. The molecule has 0 aromatic carbocycles. The zero-order valence-electron chi connectivity index (χ0n) is 10.5. The SMILES string of the molecule is CC1CN(C(=O)C(C)C(C)N)CC(C)O1.Cl. The normalized spacial score (nSPS) is 29.2. The van der Waals surface area contributed by atoms with Crippen LogP contribution in [0.2, 0.25) is 0 Å². The van der Waals surface area contributed by atoms with Gasteiger partial charge in [0.1, 0.15) is 0 Å². The highest BCUT2D eigenvalue weighted by Gasteiger charge is 2.29. The number of ether oxygens (including phenoxy) is 1. The van der Waals surface area contributed by atoms with Gasteiger partial charge in [-0.25, -0.2) is 0 Å². The van der Waals surface area contributed by atoms with Crippen LogP contribution in [-0.4, -0.2) is 42.1 Å². The van der Waals surface area contributed by atoms with E-state index in [0.29, 0.717) is 13.1 Å². The molecule has 0 aromatic rings. The lowest BCUT2D eigenvalue weighted by molar-refractivity contribution is -0.147. The summed E-state index contributed by atoms with van der Waals surface area (Å²) >= 11 is 0. The number of carbonyl (C=O) groups is 1. The largest absolute Gasteiger partial charge is 0.372 e. The van der Waals surface area contributed by atoms with Crippen molar-refractivity contribution in [1.29, 1.82) is 0 Å². The molecule has 2 N–H and O–H groups in total. The third-order valence-electron chi connectivity index (χ3n) is 2.91. The molecule has 0 aromatic heterocycles. The molecule has 1 aliphatic heterocycles. The second kappa shape index (κ2) is 6.42. The number of hydrogen-bond acceptors (Lipinski definition) is 3. The molecular formula is C11H23ClN2O2. The number of morpholine rings is 1. The number of nitrogens with two attached hydrogens (primary N) is 1. The molecular weight excluding hydrogens is 228 g/mol. The summed E-state index contributed by atoms with van der Waals surface area (Å²) in [6.07, 6.45) is 0.246. The predicted octanol–water partition coefficient (Wildman–Crippen LogP) is 1.03. The molecule has 16 heavy (non-hydrogen) atoms. The predicted molar refractivity (Wildman–Crippen MR) is 66.7 cm³/mol. The summed E-state index contributed by atoms with van der Waals surface area (Å²) < 4.78 is 5.58. The van der Waals surface area contributed by atoms with Gasteiger partial charge in [0.25, 0.3) is 0 Å². The Morgan fingerprint density at radius 1 is 1.31 bits per heavy atom. The number of halogens is 1. The summed E-state index contributed by atoms with van der Waals surface area (Å²) in [5, 5.41) is 0. The summed E-state index contributed by atoms with van der Waals surface area (Å²) in [5.41, 5.74) is 5.73. The van der Waals surface area contributed by atoms with Crippen molar-refractivity contribution < 1.29 is 9.53 Å². The second-order valence-electron chi connectivity index (χ2n) is 4.65. The maximum atomic E-state index is 12.0. The standard InChI is InChI=1S/C11H22N2O2.ClH/c1-7-5-13(6-8(2)15-7)11(14)9(3)10(4)12;/h7-10H,5-6,12H2,1-4H3;1H. The van der Waals surface area contributed by atoms with Gasteiger partial charge in [0.15, 0.2) is 0 Å². The van der Waals surface area contributed by atoms with E-state index >= 15 is 0 Å². The van der Waals surface area contributed by atoms with Crippen molar-refractivity contribution in [2.45, 2.75) is 45.9 Å². The van der Waals surface area contributed by atoms with Crippen LogP contribution in [0, 0.1) is 5.92 Å². The average Bonchev–Trinajstić information content (AvgIpc) is 2.13. The van der Waals surface area contributed by atoms with E-state index in [2.05, 4.69) is 0 Å². The summed E-state index contributed by atoms with van der Waals surface area (Å²) in [5.74, 6) is 0.0366. The van der Waals surface area contributed by atoms with Crippen LogP contribution in [0.25, 0.3) is 0 Å². The highest BCUT2D eigenvalue weighted by molar-refractivity contribution is 5.85. The van der Waals surface area contributed by atoms with Crippen molar-refractivity contribution in [3.63, 3.8) is 0 Å². The van der Waals surface area contributed by atoms with Gasteiger partial charge in [-0.05, 0) is 20.8 Å². The molecule has 1 amide bonds. The van der Waals surface area contributed by atoms with Gasteiger partial charge in [0.05, 0.1) is 18.1 Å². The van der Waals surface area contributed by atoms with Crippen LogP contribution < -0.4 is 5.73 Å². The van der Waals surface area contributed by atoms with E-state index in [1.807, 2.05) is 32.6 Å². The number of nitrogens with zero attached hydrogens (tertiary/aromatic N) is 1. The van der Waals surface area contributed by atoms with Gasteiger partial charge in [0, 0.05) is 19.1 Å². The van der Waals surface area contributed by atoms with Crippen LogP contribution >= 0.6 is 12.4 Å². The highest BCUT2D eigenvalue weighted by atomic mass is 35.5. The van der Waals surface area contributed by atoms with Gasteiger partial charge in [-0.3, -0.25) is 4.79 Å². The van der Waals surface area contributed by atoms with E-state index in [9.17, 15) is 4.79 Å². The first-order valence-electron chi connectivity index (χ1n) is 5.61. The molecule has 4 nitrogen and oxygen atoms in total. The Labute approximate surface area is 104 Å². The average molecular weight is 251 g/mol. The lowest BCUT2D eigenvalue weighted by Gasteiger charge is -2.37. The Kier molecular flexibility index (Phi) is 6.30. The first-order valence-corrected chi connectivity index (χ1v) is 5.61. The maximum absolute atomic E-state index is 12.0. The minimum absolute atomic E-state index is 0. The monoisotopic (exact) mass is 250 g/mol. The molecule has 0 spiro atoms. The Hall–Kier alpha value is -0.320. The molecule has 5 heteroatoms. The molecule has 1 heterocycles. The zero-order valence-corrected chi connectivity index (χ0v) is 11.3. The minimum atomic E-state index is -0.109. The van der Waals surface area contributed by atoms with E-state index in [1.165, 1.54) is 0 Å². The second-order valence-corrected chi connectivity index (χ2v) is 4.65. The first-order chi connectivity index (χ1) is 6.91. The van der Waals surface area contributed by atoms with E-state index in [1.54, 1.807) is 0 Å². The van der Waals surface area contributed by atoms with E-state index < -0.39 is 0 Å². The van der Waals surface area contributed by atoms with Gasteiger partial charge >= 0.3 is 0 Å². The third-order valence-corrected chi connectivity index (χ3v) is 2.91. The van der Waals surface area contributed by atoms with Crippen molar-refractivity contribution in [1.82, 2.24) is 4.90 Å². The van der Waals surface area contributed by atoms with Crippen molar-refractivity contribution in [2.24, 2.45) is 11.7 Å².